The summed E-state index contributed by atoms with van der Waals surface area (Å²) in [4.78, 5) is 13.0. The monoisotopic (exact) mass is 342 g/mol. The molecular weight excluding hydrogens is 324 g/mol. The Morgan fingerprint density at radius 1 is 1.35 bits per heavy atom. The quantitative estimate of drug-likeness (QED) is 0.829. The molecule has 0 radical (unpaired) electrons. The fourth-order valence-corrected chi connectivity index (χ4v) is 2.52. The van der Waals surface area contributed by atoms with Gasteiger partial charge in [-0.05, 0) is 33.6 Å². The number of halogens is 1. The van der Waals surface area contributed by atoms with E-state index < -0.39 is 0 Å². The van der Waals surface area contributed by atoms with E-state index in [0.717, 1.165) is 21.5 Å². The predicted octanol–water partition coefficient (Wildman–Crippen LogP) is 1.79. The average molecular weight is 343 g/mol. The van der Waals surface area contributed by atoms with E-state index in [0.29, 0.717) is 32.7 Å². The maximum atomic E-state index is 11.4. The third kappa shape index (κ3) is 3.86. The van der Waals surface area contributed by atoms with Crippen molar-refractivity contribution in [3.05, 3.63) is 22.2 Å². The lowest BCUT2D eigenvalue weighted by atomic mass is 10.2. The van der Waals surface area contributed by atoms with Crippen LogP contribution in [0, 0.1) is 0 Å². The molecule has 0 unspecified atom stereocenters. The van der Waals surface area contributed by atoms with Gasteiger partial charge in [-0.2, -0.15) is 0 Å². The van der Waals surface area contributed by atoms with Gasteiger partial charge in [-0.1, -0.05) is 0 Å². The summed E-state index contributed by atoms with van der Waals surface area (Å²) in [5.41, 5.74) is 1.10. The second-order valence-corrected chi connectivity index (χ2v) is 5.67. The van der Waals surface area contributed by atoms with E-state index in [1.807, 2.05) is 12.1 Å². The van der Waals surface area contributed by atoms with Crippen molar-refractivity contribution in [2.24, 2.45) is 0 Å². The van der Waals surface area contributed by atoms with Crippen molar-refractivity contribution in [3.8, 4) is 11.5 Å². The lowest BCUT2D eigenvalue weighted by Crippen LogP contribution is -2.26. The number of nitrogens with one attached hydrogen (secondary N) is 1. The molecule has 20 heavy (non-hydrogen) atoms. The number of nitrogens with zero attached hydrogens (tertiary/aromatic N) is 1. The Hall–Kier alpha value is -1.27. The minimum atomic E-state index is 0.126. The zero-order valence-corrected chi connectivity index (χ0v) is 13.3. The van der Waals surface area contributed by atoms with Gasteiger partial charge in [0.1, 0.15) is 13.2 Å². The molecule has 0 bridgehead atoms. The van der Waals surface area contributed by atoms with E-state index in [1.165, 1.54) is 0 Å². The van der Waals surface area contributed by atoms with Crippen LogP contribution in [-0.4, -0.2) is 44.7 Å². The first-order valence-electron chi connectivity index (χ1n) is 6.57. The largest absolute Gasteiger partial charge is 0.486 e. The van der Waals surface area contributed by atoms with E-state index in [-0.39, 0.29) is 5.91 Å². The Labute approximate surface area is 127 Å². The first-order valence-corrected chi connectivity index (χ1v) is 7.36. The molecule has 1 aromatic rings. The van der Waals surface area contributed by atoms with Crippen molar-refractivity contribution in [3.63, 3.8) is 0 Å². The summed E-state index contributed by atoms with van der Waals surface area (Å²) >= 11 is 3.49. The Morgan fingerprint density at radius 3 is 2.85 bits per heavy atom. The summed E-state index contributed by atoms with van der Waals surface area (Å²) in [6.45, 7) is 2.50. The fourth-order valence-electron chi connectivity index (χ4n) is 1.92. The van der Waals surface area contributed by atoms with Crippen molar-refractivity contribution in [2.45, 2.75) is 13.0 Å². The van der Waals surface area contributed by atoms with Crippen LogP contribution in [-0.2, 0) is 11.3 Å². The lowest BCUT2D eigenvalue weighted by molar-refractivity contribution is -0.128. The van der Waals surface area contributed by atoms with Gasteiger partial charge in [0.25, 0.3) is 0 Å². The van der Waals surface area contributed by atoms with Gasteiger partial charge in [-0.25, -0.2) is 0 Å². The van der Waals surface area contributed by atoms with Gasteiger partial charge in [0.2, 0.25) is 5.91 Å². The third-order valence-electron chi connectivity index (χ3n) is 3.00. The number of benzene rings is 1. The smallest absolute Gasteiger partial charge is 0.223 e. The van der Waals surface area contributed by atoms with Crippen molar-refractivity contribution in [1.82, 2.24) is 10.2 Å². The molecule has 1 aliphatic rings. The number of ether oxygens (including phenoxy) is 2. The number of amides is 1. The molecule has 1 amide bonds. The Balaban J connectivity index is 1.87. The van der Waals surface area contributed by atoms with Crippen LogP contribution in [0.25, 0.3) is 0 Å². The van der Waals surface area contributed by atoms with Gasteiger partial charge in [-0.3, -0.25) is 4.79 Å². The van der Waals surface area contributed by atoms with E-state index >= 15 is 0 Å². The summed E-state index contributed by atoms with van der Waals surface area (Å²) in [5.74, 6) is 1.66. The molecule has 0 aliphatic carbocycles. The first-order chi connectivity index (χ1) is 9.58. The molecule has 0 saturated heterocycles. The SMILES string of the molecule is CN(C)C(=O)CCNCc1cc(Br)c2c(c1)OCCO2. The Morgan fingerprint density at radius 2 is 2.10 bits per heavy atom. The molecular formula is C14H19BrN2O3. The molecule has 1 heterocycles. The lowest BCUT2D eigenvalue weighted by Gasteiger charge is -2.20. The van der Waals surface area contributed by atoms with Crippen LogP contribution in [0.2, 0.25) is 0 Å². The number of hydrogen-bond donors (Lipinski definition) is 1. The number of fused-ring (bicyclic) bond motifs is 1. The average Bonchev–Trinajstić information content (AvgIpc) is 2.43. The van der Waals surface area contributed by atoms with Crippen molar-refractivity contribution < 1.29 is 14.3 Å². The van der Waals surface area contributed by atoms with Crippen LogP contribution < -0.4 is 14.8 Å². The molecule has 5 nitrogen and oxygen atoms in total. The summed E-state index contributed by atoms with van der Waals surface area (Å²) < 4.78 is 12.0. The fraction of sp³-hybridized carbons (Fsp3) is 0.500. The zero-order valence-electron chi connectivity index (χ0n) is 11.7. The van der Waals surface area contributed by atoms with Crippen LogP contribution in [0.4, 0.5) is 0 Å². The summed E-state index contributed by atoms with van der Waals surface area (Å²) in [6.07, 6.45) is 0.499. The first kappa shape index (κ1) is 15.1. The van der Waals surface area contributed by atoms with Crippen LogP contribution >= 0.6 is 15.9 Å². The van der Waals surface area contributed by atoms with E-state index in [1.54, 1.807) is 19.0 Å². The Bertz CT molecular complexity index is 492. The topological polar surface area (TPSA) is 50.8 Å². The van der Waals surface area contributed by atoms with Crippen LogP contribution in [0.1, 0.15) is 12.0 Å². The molecule has 1 N–H and O–H groups in total. The molecule has 0 aromatic heterocycles. The second-order valence-electron chi connectivity index (χ2n) is 4.82. The number of carbonyl (C=O) groups is 1. The van der Waals surface area contributed by atoms with Crippen molar-refractivity contribution in [1.29, 1.82) is 0 Å². The van der Waals surface area contributed by atoms with E-state index in [9.17, 15) is 4.79 Å². The standard InChI is InChI=1S/C14H19BrN2O3/c1-17(2)13(18)3-4-16-9-10-7-11(15)14-12(8-10)19-5-6-20-14/h7-8,16H,3-6,9H2,1-2H3. The maximum absolute atomic E-state index is 11.4. The van der Waals surface area contributed by atoms with Gasteiger partial charge in [-0.15, -0.1) is 0 Å². The molecule has 2 rings (SSSR count). The molecule has 6 heteroatoms. The van der Waals surface area contributed by atoms with Crippen LogP contribution in [0.15, 0.2) is 16.6 Å². The summed E-state index contributed by atoms with van der Waals surface area (Å²) in [6, 6.07) is 3.98. The highest BCUT2D eigenvalue weighted by Gasteiger charge is 2.16. The Kier molecular flexibility index (Phi) is 5.25. The predicted molar refractivity (Wildman–Crippen MR) is 80.1 cm³/mol. The highest BCUT2D eigenvalue weighted by Crippen LogP contribution is 2.38. The van der Waals surface area contributed by atoms with Gasteiger partial charge in [0.05, 0.1) is 4.47 Å². The molecule has 1 aliphatic heterocycles. The zero-order chi connectivity index (χ0) is 14.5. The number of carbonyl (C=O) groups excluding carboxylic acids is 1. The molecule has 0 saturated carbocycles. The highest BCUT2D eigenvalue weighted by molar-refractivity contribution is 9.10. The number of rotatable bonds is 5. The van der Waals surface area contributed by atoms with E-state index in [4.69, 9.17) is 9.47 Å². The maximum Gasteiger partial charge on any atom is 0.223 e. The van der Waals surface area contributed by atoms with Crippen molar-refractivity contribution in [2.75, 3.05) is 33.9 Å². The third-order valence-corrected chi connectivity index (χ3v) is 3.59. The molecule has 0 fully saturated rings. The van der Waals surface area contributed by atoms with Gasteiger partial charge >= 0.3 is 0 Å². The summed E-state index contributed by atoms with van der Waals surface area (Å²) in [7, 11) is 3.53. The second kappa shape index (κ2) is 6.95. The van der Waals surface area contributed by atoms with Gasteiger partial charge in [0, 0.05) is 33.6 Å². The molecule has 0 atom stereocenters. The molecule has 0 spiro atoms. The van der Waals surface area contributed by atoms with Gasteiger partial charge < -0.3 is 19.7 Å². The molecule has 110 valence electrons. The highest BCUT2D eigenvalue weighted by atomic mass is 79.9. The normalized spacial score (nSPS) is 13.2. The minimum absolute atomic E-state index is 0.126. The minimum Gasteiger partial charge on any atom is -0.486 e. The molecule has 1 aromatic carbocycles. The number of hydrogen-bond acceptors (Lipinski definition) is 4. The van der Waals surface area contributed by atoms with Crippen molar-refractivity contribution >= 4 is 21.8 Å². The van der Waals surface area contributed by atoms with Gasteiger partial charge in [0.15, 0.2) is 11.5 Å². The van der Waals surface area contributed by atoms with Crippen LogP contribution in [0.3, 0.4) is 0 Å². The van der Waals surface area contributed by atoms with Crippen LogP contribution in [0.5, 0.6) is 11.5 Å². The van der Waals surface area contributed by atoms with E-state index in [2.05, 4.69) is 21.2 Å². The summed E-state index contributed by atoms with van der Waals surface area (Å²) in [5, 5.41) is 3.26.